The summed E-state index contributed by atoms with van der Waals surface area (Å²) < 4.78 is 27.5. The van der Waals surface area contributed by atoms with E-state index in [1.807, 2.05) is 0 Å². The van der Waals surface area contributed by atoms with E-state index in [1.165, 1.54) is 31.6 Å². The van der Waals surface area contributed by atoms with Crippen molar-refractivity contribution in [2.75, 3.05) is 26.7 Å². The fourth-order valence-electron chi connectivity index (χ4n) is 2.44. The van der Waals surface area contributed by atoms with Crippen LogP contribution in [0.5, 0.6) is 0 Å². The number of nitrogens with zero attached hydrogens (tertiary/aromatic N) is 3. The Labute approximate surface area is 177 Å². The summed E-state index contributed by atoms with van der Waals surface area (Å²) in [6.45, 7) is 7.73. The lowest BCUT2D eigenvalue weighted by atomic mass is 10.1. The van der Waals surface area contributed by atoms with Gasteiger partial charge in [0, 0.05) is 44.3 Å². The maximum absolute atomic E-state index is 13.8. The summed E-state index contributed by atoms with van der Waals surface area (Å²) >= 11 is 0. The van der Waals surface area contributed by atoms with Crippen LogP contribution in [-0.2, 0) is 11.3 Å². The second kappa shape index (κ2) is 14.2. The summed E-state index contributed by atoms with van der Waals surface area (Å²) in [7, 11) is 1.58. The predicted octanol–water partition coefficient (Wildman–Crippen LogP) is 3.34. The molecule has 2 N–H and O–H groups in total. The van der Waals surface area contributed by atoms with E-state index in [1.54, 1.807) is 37.4 Å². The van der Waals surface area contributed by atoms with Crippen molar-refractivity contribution in [2.24, 2.45) is 9.98 Å². The smallest absolute Gasteiger partial charge is 0.256 e. The van der Waals surface area contributed by atoms with Gasteiger partial charge in [-0.15, -0.1) is 0 Å². The number of nitrogens with one attached hydrogen (secondary N) is 2. The number of amides is 1. The van der Waals surface area contributed by atoms with Gasteiger partial charge in [-0.2, -0.15) is 0 Å². The zero-order valence-electron chi connectivity index (χ0n) is 18.1. The minimum absolute atomic E-state index is 0.0149. The van der Waals surface area contributed by atoms with Gasteiger partial charge < -0.3 is 15.5 Å². The summed E-state index contributed by atoms with van der Waals surface area (Å²) in [5, 5.41) is 5.89. The topological polar surface area (TPSA) is 69.1 Å². The number of carbonyl (C=O) groups excluding carboxylic acids is 1. The Morgan fingerprint density at radius 2 is 1.93 bits per heavy atom. The van der Waals surface area contributed by atoms with Gasteiger partial charge in [-0.1, -0.05) is 13.0 Å². The Morgan fingerprint density at radius 3 is 2.53 bits per heavy atom. The normalized spacial score (nSPS) is 12.4. The molecular formula is C22H31F2N5O. The maximum atomic E-state index is 13.8. The van der Waals surface area contributed by atoms with Crippen molar-refractivity contribution in [3.63, 3.8) is 0 Å². The van der Waals surface area contributed by atoms with Crippen molar-refractivity contribution in [3.05, 3.63) is 58.9 Å². The van der Waals surface area contributed by atoms with E-state index in [0.29, 0.717) is 17.7 Å². The average molecular weight is 420 g/mol. The van der Waals surface area contributed by atoms with Gasteiger partial charge in [0.1, 0.15) is 11.6 Å². The number of hydrogen-bond acceptors (Lipinski definition) is 4. The molecule has 6 nitrogen and oxygen atoms in total. The lowest BCUT2D eigenvalue weighted by Gasteiger charge is -2.15. The van der Waals surface area contributed by atoms with Crippen molar-refractivity contribution < 1.29 is 13.6 Å². The molecule has 0 atom stereocenters. The molecular weight excluding hydrogens is 388 g/mol. The van der Waals surface area contributed by atoms with Gasteiger partial charge in [0.15, 0.2) is 0 Å². The van der Waals surface area contributed by atoms with E-state index < -0.39 is 11.6 Å². The van der Waals surface area contributed by atoms with Crippen molar-refractivity contribution in [2.45, 2.75) is 33.7 Å². The molecule has 0 bridgehead atoms. The van der Waals surface area contributed by atoms with Gasteiger partial charge in [-0.3, -0.25) is 14.8 Å². The molecule has 1 aromatic carbocycles. The quantitative estimate of drug-likeness (QED) is 0.236. The van der Waals surface area contributed by atoms with Crippen LogP contribution in [-0.4, -0.2) is 50.0 Å². The molecule has 0 heterocycles. The van der Waals surface area contributed by atoms with Crippen LogP contribution in [0.4, 0.5) is 8.78 Å². The monoisotopic (exact) mass is 419 g/mol. The van der Waals surface area contributed by atoms with Crippen LogP contribution in [0, 0.1) is 18.6 Å². The standard InChI is InChI=1S/C22H31F2N5O/c1-5-7-26-8-9-27-14-19(6-2)22(30)28-10-11-29(16-25-4)15-18-12-20(23)17(3)21(24)13-18/h6,10-14,16,26H,5,7-9,15H2,1-4H3,(H,28,30)/b11-10+,19-6+,25-16-,27-14-. The first-order chi connectivity index (χ1) is 14.4. The highest BCUT2D eigenvalue weighted by Gasteiger charge is 2.09. The Kier molecular flexibility index (Phi) is 11.9. The van der Waals surface area contributed by atoms with Gasteiger partial charge in [0.2, 0.25) is 0 Å². The number of rotatable bonds is 12. The molecule has 0 radical (unpaired) electrons. The highest BCUT2D eigenvalue weighted by Crippen LogP contribution is 2.15. The lowest BCUT2D eigenvalue weighted by Crippen LogP contribution is -2.23. The fraction of sp³-hybridized carbons (Fsp3) is 0.409. The average Bonchev–Trinajstić information content (AvgIpc) is 2.71. The Balaban J connectivity index is 2.66. The molecule has 1 aromatic rings. The number of carbonyl (C=O) groups is 1. The van der Waals surface area contributed by atoms with Crippen molar-refractivity contribution in [3.8, 4) is 0 Å². The largest absolute Gasteiger partial charge is 0.334 e. The molecule has 0 unspecified atom stereocenters. The summed E-state index contributed by atoms with van der Waals surface area (Å²) in [6.07, 6.45) is 8.80. The van der Waals surface area contributed by atoms with Gasteiger partial charge in [0.25, 0.3) is 5.91 Å². The molecule has 8 heteroatoms. The zero-order valence-corrected chi connectivity index (χ0v) is 18.1. The van der Waals surface area contributed by atoms with Gasteiger partial charge in [-0.05, 0) is 44.5 Å². The predicted molar refractivity (Wildman–Crippen MR) is 119 cm³/mol. The first kappa shape index (κ1) is 25.2. The molecule has 1 amide bonds. The van der Waals surface area contributed by atoms with Crippen LogP contribution >= 0.6 is 0 Å². The molecule has 0 saturated heterocycles. The van der Waals surface area contributed by atoms with Crippen LogP contribution in [0.2, 0.25) is 0 Å². The van der Waals surface area contributed by atoms with E-state index >= 15 is 0 Å². The molecule has 164 valence electrons. The summed E-state index contributed by atoms with van der Waals surface area (Å²) in [5.41, 5.74) is 0.872. The SMILES string of the molecule is C/C=C(\C=N/CCNCCC)C(=O)N/C=C/N(/C=N\C)Cc1cc(F)c(C)c(F)c1. The van der Waals surface area contributed by atoms with E-state index in [9.17, 15) is 13.6 Å². The highest BCUT2D eigenvalue weighted by molar-refractivity contribution is 6.12. The molecule has 30 heavy (non-hydrogen) atoms. The number of hydrogen-bond donors (Lipinski definition) is 2. The Hall–Kier alpha value is -2.87. The van der Waals surface area contributed by atoms with Crippen molar-refractivity contribution >= 4 is 18.5 Å². The molecule has 0 spiro atoms. The Morgan fingerprint density at radius 1 is 1.23 bits per heavy atom. The number of halogens is 2. The molecule has 0 fully saturated rings. The van der Waals surface area contributed by atoms with Crippen LogP contribution in [0.1, 0.15) is 31.4 Å². The molecule has 0 aromatic heterocycles. The van der Waals surface area contributed by atoms with Crippen molar-refractivity contribution in [1.29, 1.82) is 0 Å². The van der Waals surface area contributed by atoms with Gasteiger partial charge in [-0.25, -0.2) is 8.78 Å². The third kappa shape index (κ3) is 9.09. The molecule has 0 aliphatic carbocycles. The molecule has 1 rings (SSSR count). The van der Waals surface area contributed by atoms with Crippen LogP contribution in [0.15, 0.2) is 46.2 Å². The fourth-order valence-corrected chi connectivity index (χ4v) is 2.44. The molecule has 0 aliphatic heterocycles. The zero-order chi connectivity index (χ0) is 22.4. The second-order valence-corrected chi connectivity index (χ2v) is 6.55. The summed E-state index contributed by atoms with van der Waals surface area (Å²) in [5.74, 6) is -1.50. The molecule has 0 aliphatic rings. The Bertz CT molecular complexity index is 780. The van der Waals surface area contributed by atoms with Crippen LogP contribution < -0.4 is 10.6 Å². The number of benzene rings is 1. The first-order valence-electron chi connectivity index (χ1n) is 9.89. The van der Waals surface area contributed by atoms with Crippen molar-refractivity contribution in [1.82, 2.24) is 15.5 Å². The minimum atomic E-state index is -0.599. The third-order valence-electron chi connectivity index (χ3n) is 4.10. The van der Waals surface area contributed by atoms with E-state index in [4.69, 9.17) is 0 Å². The van der Waals surface area contributed by atoms with E-state index in [0.717, 1.165) is 19.5 Å². The summed E-state index contributed by atoms with van der Waals surface area (Å²) in [4.78, 5) is 22.0. The molecule has 0 saturated carbocycles. The van der Waals surface area contributed by atoms with Crippen LogP contribution in [0.25, 0.3) is 0 Å². The maximum Gasteiger partial charge on any atom is 0.256 e. The minimum Gasteiger partial charge on any atom is -0.334 e. The number of aliphatic imine (C=N–C) groups is 2. The number of allylic oxidation sites excluding steroid dienone is 1. The van der Waals surface area contributed by atoms with E-state index in [2.05, 4.69) is 27.5 Å². The van der Waals surface area contributed by atoms with Gasteiger partial charge in [0.05, 0.1) is 18.5 Å². The summed E-state index contributed by atoms with van der Waals surface area (Å²) in [6, 6.07) is 2.57. The van der Waals surface area contributed by atoms with E-state index in [-0.39, 0.29) is 18.0 Å². The highest BCUT2D eigenvalue weighted by atomic mass is 19.1. The lowest BCUT2D eigenvalue weighted by molar-refractivity contribution is -0.116. The second-order valence-electron chi connectivity index (χ2n) is 6.55. The van der Waals surface area contributed by atoms with Crippen LogP contribution in [0.3, 0.4) is 0 Å². The third-order valence-corrected chi connectivity index (χ3v) is 4.10. The first-order valence-corrected chi connectivity index (χ1v) is 9.89. The van der Waals surface area contributed by atoms with Gasteiger partial charge >= 0.3 is 0 Å².